The zero-order valence-corrected chi connectivity index (χ0v) is 18.7. The molecule has 3 aromatic rings. The van der Waals surface area contributed by atoms with Crippen molar-refractivity contribution < 1.29 is 18.7 Å². The number of ether oxygens (including phenoxy) is 2. The summed E-state index contributed by atoms with van der Waals surface area (Å²) in [7, 11) is 0. The number of rotatable bonds is 6. The second-order valence-electron chi connectivity index (χ2n) is 10.1. The van der Waals surface area contributed by atoms with Crippen LogP contribution in [0.5, 0.6) is 0 Å². The van der Waals surface area contributed by atoms with Crippen LogP contribution in [0, 0.1) is 17.2 Å². The van der Waals surface area contributed by atoms with Crippen molar-refractivity contribution in [2.45, 2.75) is 61.9 Å². The van der Waals surface area contributed by atoms with E-state index in [-0.39, 0.29) is 12.1 Å². The number of amides is 1. The maximum absolute atomic E-state index is 15.1. The number of halogens is 1. The van der Waals surface area contributed by atoms with Gasteiger partial charge in [0.2, 0.25) is 5.95 Å². The number of H-pyrrole nitrogens is 1. The van der Waals surface area contributed by atoms with Crippen LogP contribution in [0.25, 0.3) is 5.65 Å². The molecule has 0 spiro atoms. The van der Waals surface area contributed by atoms with E-state index in [1.54, 1.807) is 22.9 Å². The molecule has 0 radical (unpaired) electrons. The SMILES string of the molecule is N#Cc1cn2c(Nc3cc([C@H]4OC[C@@H](OC(=O)NC56CC(C5)C6)[C@@H]4F)[nH]n3)ncc(C3CC3)c2n1. The number of anilines is 2. The number of carbonyl (C=O) groups is 1. The van der Waals surface area contributed by atoms with Crippen molar-refractivity contribution in [3.05, 3.63) is 35.4 Å². The molecule has 2 bridgehead atoms. The molecule has 4 saturated carbocycles. The molecule has 3 aromatic heterocycles. The Hall–Kier alpha value is -3.72. The maximum atomic E-state index is 15.1. The predicted octanol–water partition coefficient (Wildman–Crippen LogP) is 3.00. The highest BCUT2D eigenvalue weighted by molar-refractivity contribution is 5.69. The van der Waals surface area contributed by atoms with E-state index in [0.29, 0.717) is 34.7 Å². The van der Waals surface area contributed by atoms with Crippen LogP contribution in [0.15, 0.2) is 18.5 Å². The topological polar surface area (TPSA) is 142 Å². The van der Waals surface area contributed by atoms with Crippen molar-refractivity contribution in [3.8, 4) is 6.07 Å². The number of nitrogens with one attached hydrogen (secondary N) is 3. The van der Waals surface area contributed by atoms with Crippen molar-refractivity contribution >= 4 is 23.5 Å². The summed E-state index contributed by atoms with van der Waals surface area (Å²) in [6.45, 7) is -0.0343. The first-order valence-electron chi connectivity index (χ1n) is 11.9. The first-order valence-corrected chi connectivity index (χ1v) is 11.9. The van der Waals surface area contributed by atoms with Crippen LogP contribution < -0.4 is 10.6 Å². The molecule has 180 valence electrons. The average Bonchev–Trinajstić information content (AvgIpc) is 3.20. The predicted molar refractivity (Wildman–Crippen MR) is 119 cm³/mol. The van der Waals surface area contributed by atoms with Crippen LogP contribution in [-0.2, 0) is 9.47 Å². The van der Waals surface area contributed by atoms with E-state index >= 15 is 4.39 Å². The van der Waals surface area contributed by atoms with Gasteiger partial charge in [-0.15, -0.1) is 0 Å². The third-order valence-electron chi connectivity index (χ3n) is 7.54. The second kappa shape index (κ2) is 7.39. The quantitative estimate of drug-likeness (QED) is 0.491. The summed E-state index contributed by atoms with van der Waals surface area (Å²) in [5, 5.41) is 22.3. The van der Waals surface area contributed by atoms with Crippen LogP contribution in [0.3, 0.4) is 0 Å². The number of aromatic nitrogens is 5. The van der Waals surface area contributed by atoms with Gasteiger partial charge in [-0.1, -0.05) is 0 Å². The standard InChI is InChI=1S/C23H23FN8O3/c24-18-16(35-22(33)29-23-4-11(5-23)6-23)10-34-19(18)15-3-17(31-30-15)28-21-26-8-14(12-1-2-12)20-27-13(7-25)9-32(20)21/h3,8-9,11-12,16,18-19H,1-2,4-6,10H2,(H,29,33)(H2,26,28,30,31)/t11?,16-,18+,19-,23?/m1/s1. The Morgan fingerprint density at radius 3 is 2.91 bits per heavy atom. The number of nitriles is 1. The number of alkyl halides is 1. The van der Waals surface area contributed by atoms with E-state index < -0.39 is 24.5 Å². The fraction of sp³-hybridized carbons (Fsp3) is 0.522. The van der Waals surface area contributed by atoms with Gasteiger partial charge in [0.1, 0.15) is 17.8 Å². The molecule has 0 unspecified atom stereocenters. The fourth-order valence-corrected chi connectivity index (χ4v) is 5.44. The lowest BCUT2D eigenvalue weighted by Gasteiger charge is -2.61. The van der Waals surface area contributed by atoms with Crippen molar-refractivity contribution in [3.63, 3.8) is 0 Å². The Bertz CT molecular complexity index is 1360. The smallest absolute Gasteiger partial charge is 0.408 e. The fourth-order valence-electron chi connectivity index (χ4n) is 5.44. The summed E-state index contributed by atoms with van der Waals surface area (Å²) in [5.41, 5.74) is 2.30. The lowest BCUT2D eigenvalue weighted by Crippen LogP contribution is -2.68. The largest absolute Gasteiger partial charge is 0.441 e. The van der Waals surface area contributed by atoms with Gasteiger partial charge in [0.25, 0.3) is 0 Å². The number of hydrogen-bond acceptors (Lipinski definition) is 8. The van der Waals surface area contributed by atoms with E-state index in [1.807, 2.05) is 0 Å². The molecule has 5 aliphatic rings. The number of aromatic amines is 1. The van der Waals surface area contributed by atoms with Crippen molar-refractivity contribution in [2.24, 2.45) is 5.92 Å². The number of alkyl carbamates (subject to hydrolysis) is 1. The number of hydrogen-bond donors (Lipinski definition) is 3. The van der Waals surface area contributed by atoms with E-state index in [0.717, 1.165) is 43.6 Å². The van der Waals surface area contributed by atoms with Crippen molar-refractivity contribution in [1.82, 2.24) is 29.9 Å². The molecule has 8 rings (SSSR count). The maximum Gasteiger partial charge on any atom is 0.408 e. The zero-order chi connectivity index (χ0) is 23.7. The molecule has 4 aliphatic carbocycles. The summed E-state index contributed by atoms with van der Waals surface area (Å²) in [5.74, 6) is 1.98. The molecule has 1 amide bonds. The summed E-state index contributed by atoms with van der Waals surface area (Å²) in [6, 6.07) is 3.70. The summed E-state index contributed by atoms with van der Waals surface area (Å²) < 4.78 is 27.8. The Balaban J connectivity index is 1.04. The highest BCUT2D eigenvalue weighted by Crippen LogP contribution is 2.57. The second-order valence-corrected chi connectivity index (χ2v) is 10.1. The lowest BCUT2D eigenvalue weighted by atomic mass is 9.50. The van der Waals surface area contributed by atoms with Crippen LogP contribution in [-0.4, -0.2) is 55.1 Å². The Morgan fingerprint density at radius 1 is 1.37 bits per heavy atom. The van der Waals surface area contributed by atoms with Crippen molar-refractivity contribution in [1.29, 1.82) is 5.26 Å². The van der Waals surface area contributed by atoms with Gasteiger partial charge in [0.15, 0.2) is 23.8 Å². The molecule has 5 fully saturated rings. The van der Waals surface area contributed by atoms with E-state index in [2.05, 4.69) is 36.9 Å². The van der Waals surface area contributed by atoms with Crippen LogP contribution in [0.4, 0.5) is 21.0 Å². The third-order valence-corrected chi connectivity index (χ3v) is 7.54. The molecule has 35 heavy (non-hydrogen) atoms. The van der Waals surface area contributed by atoms with Crippen LogP contribution in [0.1, 0.15) is 61.1 Å². The first-order chi connectivity index (χ1) is 17.0. The minimum Gasteiger partial charge on any atom is -0.441 e. The zero-order valence-electron chi connectivity index (χ0n) is 18.7. The summed E-state index contributed by atoms with van der Waals surface area (Å²) >= 11 is 0. The lowest BCUT2D eigenvalue weighted by molar-refractivity contribution is -0.0528. The van der Waals surface area contributed by atoms with Gasteiger partial charge in [0.05, 0.1) is 18.5 Å². The molecule has 3 atom stereocenters. The monoisotopic (exact) mass is 478 g/mol. The third kappa shape index (κ3) is 3.41. The molecule has 3 N–H and O–H groups in total. The van der Waals surface area contributed by atoms with Gasteiger partial charge in [-0.3, -0.25) is 9.50 Å². The number of imidazole rings is 1. The minimum absolute atomic E-state index is 0.0343. The van der Waals surface area contributed by atoms with Gasteiger partial charge in [-0.2, -0.15) is 10.4 Å². The van der Waals surface area contributed by atoms with Crippen molar-refractivity contribution in [2.75, 3.05) is 11.9 Å². The van der Waals surface area contributed by atoms with Gasteiger partial charge in [0, 0.05) is 23.4 Å². The Kier molecular flexibility index (Phi) is 4.36. The Labute approximate surface area is 199 Å². The normalized spacial score (nSPS) is 30.9. The molecular weight excluding hydrogens is 455 g/mol. The van der Waals surface area contributed by atoms with Gasteiger partial charge in [-0.25, -0.2) is 19.2 Å². The number of carbonyl (C=O) groups excluding carboxylic acids is 1. The van der Waals surface area contributed by atoms with Gasteiger partial charge in [-0.05, 0) is 43.9 Å². The van der Waals surface area contributed by atoms with E-state index in [9.17, 15) is 10.1 Å². The van der Waals surface area contributed by atoms with Gasteiger partial charge < -0.3 is 20.1 Å². The Morgan fingerprint density at radius 2 is 2.20 bits per heavy atom. The molecule has 12 heteroatoms. The van der Waals surface area contributed by atoms with E-state index in [4.69, 9.17) is 9.47 Å². The highest BCUT2D eigenvalue weighted by Gasteiger charge is 2.58. The molecule has 11 nitrogen and oxygen atoms in total. The summed E-state index contributed by atoms with van der Waals surface area (Å²) in [4.78, 5) is 21.1. The van der Waals surface area contributed by atoms with Crippen LogP contribution >= 0.6 is 0 Å². The van der Waals surface area contributed by atoms with Crippen LogP contribution in [0.2, 0.25) is 0 Å². The van der Waals surface area contributed by atoms with Gasteiger partial charge >= 0.3 is 6.09 Å². The highest BCUT2D eigenvalue weighted by atomic mass is 19.1. The number of nitrogens with zero attached hydrogens (tertiary/aromatic N) is 5. The molecular formula is C23H23FN8O3. The number of fused-ring (bicyclic) bond motifs is 1. The molecule has 4 heterocycles. The summed E-state index contributed by atoms with van der Waals surface area (Å²) in [6.07, 6.45) is 4.47. The first kappa shape index (κ1) is 20.6. The molecule has 0 aromatic carbocycles. The van der Waals surface area contributed by atoms with E-state index in [1.165, 1.54) is 0 Å². The average molecular weight is 478 g/mol. The minimum atomic E-state index is -1.53. The molecule has 1 aliphatic heterocycles. The molecule has 1 saturated heterocycles.